The topological polar surface area (TPSA) is 93.1 Å². The molecule has 1 aromatic carbocycles. The maximum atomic E-state index is 13.7. The molecule has 0 aliphatic rings. The van der Waals surface area contributed by atoms with Crippen molar-refractivity contribution >= 4 is 17.0 Å². The van der Waals surface area contributed by atoms with Crippen LogP contribution < -0.4 is 11.2 Å². The lowest BCUT2D eigenvalue weighted by molar-refractivity contribution is -0.153. The minimum Gasteiger partial charge on any atom is -0.441 e. The number of carbonyl (C=O) groups is 1. The van der Waals surface area contributed by atoms with Gasteiger partial charge < -0.3 is 4.74 Å². The van der Waals surface area contributed by atoms with Crippen LogP contribution in [0.4, 0.5) is 13.2 Å². The number of hydrogen-bond donors (Lipinski definition) is 0. The number of hydrogen-bond acceptors (Lipinski definition) is 5. The summed E-state index contributed by atoms with van der Waals surface area (Å²) in [5.41, 5.74) is 0.447. The zero-order valence-electron chi connectivity index (χ0n) is 23.6. The van der Waals surface area contributed by atoms with Crippen molar-refractivity contribution in [2.45, 2.75) is 85.4 Å². The fourth-order valence-corrected chi connectivity index (χ4v) is 4.99. The van der Waals surface area contributed by atoms with Crippen LogP contribution >= 0.6 is 0 Å². The largest absolute Gasteiger partial charge is 0.441 e. The summed E-state index contributed by atoms with van der Waals surface area (Å²) in [7, 11) is 0. The lowest BCUT2D eigenvalue weighted by atomic mass is 10.1. The van der Waals surface area contributed by atoms with Crippen molar-refractivity contribution < 1.29 is 22.7 Å². The molecule has 0 fully saturated rings. The third kappa shape index (κ3) is 6.01. The molecule has 12 heteroatoms. The first-order chi connectivity index (χ1) is 19.5. The van der Waals surface area contributed by atoms with E-state index in [9.17, 15) is 27.6 Å². The zero-order chi connectivity index (χ0) is 29.9. The average Bonchev–Trinajstić information content (AvgIpc) is 3.55. The normalized spacial score (nSPS) is 12.7. The molecule has 0 amide bonds. The zero-order valence-corrected chi connectivity index (χ0v) is 23.6. The summed E-state index contributed by atoms with van der Waals surface area (Å²) < 4.78 is 51.3. The van der Waals surface area contributed by atoms with Crippen LogP contribution in [0.15, 0.2) is 52.3 Å². The van der Waals surface area contributed by atoms with Crippen LogP contribution in [-0.4, -0.2) is 29.5 Å². The van der Waals surface area contributed by atoms with Crippen LogP contribution in [0, 0.1) is 0 Å². The molecule has 3 aromatic heterocycles. The van der Waals surface area contributed by atoms with Crippen LogP contribution in [0.3, 0.4) is 0 Å². The summed E-state index contributed by atoms with van der Waals surface area (Å²) in [5, 5.41) is 4.36. The van der Waals surface area contributed by atoms with Crippen molar-refractivity contribution in [1.82, 2.24) is 23.5 Å². The molecule has 0 aliphatic heterocycles. The van der Waals surface area contributed by atoms with Crippen LogP contribution in [-0.2, 0) is 35.3 Å². The highest BCUT2D eigenvalue weighted by molar-refractivity contribution is 5.84. The molecule has 0 spiro atoms. The maximum absolute atomic E-state index is 13.7. The Morgan fingerprint density at radius 1 is 1.05 bits per heavy atom. The number of nitrogens with zero attached hydrogens (tertiary/aromatic N) is 5. The smallest absolute Gasteiger partial charge is 0.416 e. The molecule has 9 nitrogen and oxygen atoms in total. The summed E-state index contributed by atoms with van der Waals surface area (Å²) in [6.45, 7) is 7.99. The number of aromatic nitrogens is 5. The van der Waals surface area contributed by atoms with Gasteiger partial charge in [0.25, 0.3) is 5.56 Å². The Labute approximate surface area is 234 Å². The number of carbonyl (C=O) groups excluding carboxylic acids is 1. The average molecular weight is 574 g/mol. The second kappa shape index (κ2) is 12.2. The van der Waals surface area contributed by atoms with E-state index in [0.717, 1.165) is 12.1 Å². The quantitative estimate of drug-likeness (QED) is 0.219. The SMILES string of the molecule is CCCC(=O)OC(CC)n1c(-c2cnn(Cc3cccc(C(F)(F)F)c3)c2)cc2c1c(=O)n(CCC)c(=O)n2CC. The van der Waals surface area contributed by atoms with Crippen LogP contribution in [0.2, 0.25) is 0 Å². The predicted octanol–water partition coefficient (Wildman–Crippen LogP) is 5.58. The number of esters is 1. The van der Waals surface area contributed by atoms with E-state index in [4.69, 9.17) is 4.74 Å². The van der Waals surface area contributed by atoms with Gasteiger partial charge in [0.15, 0.2) is 6.23 Å². The van der Waals surface area contributed by atoms with E-state index in [-0.39, 0.29) is 25.0 Å². The van der Waals surface area contributed by atoms with E-state index in [1.54, 1.807) is 22.9 Å². The molecule has 220 valence electrons. The van der Waals surface area contributed by atoms with E-state index in [2.05, 4.69) is 5.10 Å². The predicted molar refractivity (Wildman–Crippen MR) is 149 cm³/mol. The molecule has 3 heterocycles. The monoisotopic (exact) mass is 573 g/mol. The number of benzene rings is 1. The Bertz CT molecular complexity index is 1660. The highest BCUT2D eigenvalue weighted by Gasteiger charge is 2.30. The fraction of sp³-hybridized carbons (Fsp3) is 0.448. The van der Waals surface area contributed by atoms with Gasteiger partial charge in [0.1, 0.15) is 5.52 Å². The van der Waals surface area contributed by atoms with Gasteiger partial charge >= 0.3 is 17.8 Å². The Kier molecular flexibility index (Phi) is 8.89. The Morgan fingerprint density at radius 3 is 2.44 bits per heavy atom. The van der Waals surface area contributed by atoms with Crippen molar-refractivity contribution in [3.05, 3.63) is 74.7 Å². The molecular weight excluding hydrogens is 539 g/mol. The Hall–Kier alpha value is -4.09. The number of ether oxygens (including phenoxy) is 1. The molecule has 0 N–H and O–H groups in total. The van der Waals surface area contributed by atoms with Crippen molar-refractivity contribution in [3.8, 4) is 11.3 Å². The van der Waals surface area contributed by atoms with Gasteiger partial charge in [-0.05, 0) is 43.5 Å². The van der Waals surface area contributed by atoms with E-state index < -0.39 is 35.2 Å². The van der Waals surface area contributed by atoms with Gasteiger partial charge in [-0.1, -0.05) is 32.9 Å². The third-order valence-electron chi connectivity index (χ3n) is 6.87. The number of halogens is 3. The van der Waals surface area contributed by atoms with Crippen LogP contribution in [0.25, 0.3) is 22.3 Å². The summed E-state index contributed by atoms with van der Waals surface area (Å²) in [6.07, 6.45) is -0.376. The molecule has 0 radical (unpaired) electrons. The molecule has 41 heavy (non-hydrogen) atoms. The Morgan fingerprint density at radius 2 is 1.80 bits per heavy atom. The molecule has 1 atom stereocenters. The Balaban J connectivity index is 1.90. The van der Waals surface area contributed by atoms with Gasteiger partial charge in [0.05, 0.1) is 29.5 Å². The van der Waals surface area contributed by atoms with Gasteiger partial charge in [-0.25, -0.2) is 4.79 Å². The van der Waals surface area contributed by atoms with E-state index in [0.29, 0.717) is 48.1 Å². The summed E-state index contributed by atoms with van der Waals surface area (Å²) in [5.74, 6) is -0.412. The molecule has 0 aliphatic carbocycles. The van der Waals surface area contributed by atoms with Crippen molar-refractivity contribution in [1.29, 1.82) is 0 Å². The van der Waals surface area contributed by atoms with Gasteiger partial charge in [0.2, 0.25) is 0 Å². The minimum atomic E-state index is -4.46. The second-order valence-corrected chi connectivity index (χ2v) is 9.84. The van der Waals surface area contributed by atoms with E-state index in [1.165, 1.54) is 26.1 Å². The first-order valence-electron chi connectivity index (χ1n) is 13.8. The second-order valence-electron chi connectivity index (χ2n) is 9.84. The number of rotatable bonds is 11. The van der Waals surface area contributed by atoms with E-state index in [1.807, 2.05) is 27.7 Å². The highest BCUT2D eigenvalue weighted by atomic mass is 19.4. The molecule has 0 bridgehead atoms. The molecule has 1 unspecified atom stereocenters. The maximum Gasteiger partial charge on any atom is 0.416 e. The summed E-state index contributed by atoms with van der Waals surface area (Å²) >= 11 is 0. The molecule has 4 aromatic rings. The van der Waals surface area contributed by atoms with Gasteiger partial charge in [-0.2, -0.15) is 18.3 Å². The van der Waals surface area contributed by atoms with Crippen molar-refractivity contribution in [3.63, 3.8) is 0 Å². The number of alkyl halides is 3. The molecule has 4 rings (SSSR count). The third-order valence-corrected chi connectivity index (χ3v) is 6.87. The van der Waals surface area contributed by atoms with Crippen molar-refractivity contribution in [2.75, 3.05) is 0 Å². The first kappa shape index (κ1) is 29.9. The number of fused-ring (bicyclic) bond motifs is 1. The summed E-state index contributed by atoms with van der Waals surface area (Å²) in [4.78, 5) is 39.5. The molecule has 0 saturated carbocycles. The summed E-state index contributed by atoms with van der Waals surface area (Å²) in [6, 6.07) is 6.74. The van der Waals surface area contributed by atoms with Gasteiger partial charge in [-0.3, -0.25) is 28.0 Å². The number of aryl methyl sites for hydroxylation is 1. The molecule has 0 saturated heterocycles. The van der Waals surface area contributed by atoms with Crippen molar-refractivity contribution in [2.24, 2.45) is 0 Å². The highest BCUT2D eigenvalue weighted by Crippen LogP contribution is 2.33. The lowest BCUT2D eigenvalue weighted by Crippen LogP contribution is -2.40. The van der Waals surface area contributed by atoms with Crippen LogP contribution in [0.1, 0.15) is 70.7 Å². The van der Waals surface area contributed by atoms with Crippen LogP contribution in [0.5, 0.6) is 0 Å². The van der Waals surface area contributed by atoms with Gasteiger partial charge in [-0.15, -0.1) is 0 Å². The molecular formula is C29H34F3N5O4. The first-order valence-corrected chi connectivity index (χ1v) is 13.8. The minimum absolute atomic E-state index is 0.0792. The van der Waals surface area contributed by atoms with Gasteiger partial charge in [0, 0.05) is 37.7 Å². The lowest BCUT2D eigenvalue weighted by Gasteiger charge is -2.22. The standard InChI is InChI=1S/C29H34F3N5O4/c1-5-10-25(38)41-24(7-3)37-22(15-23-26(37)27(39)36(13-6-2)28(40)35(23)8-4)20-16-33-34(18-20)17-19-11-9-12-21(14-19)29(30,31)32/h9,11-12,14-16,18,24H,5-8,10,13,17H2,1-4H3. The van der Waals surface area contributed by atoms with E-state index >= 15 is 0 Å². The fourth-order valence-electron chi connectivity index (χ4n) is 4.99.